The van der Waals surface area contributed by atoms with E-state index in [1.54, 1.807) is 12.1 Å². The molecule has 0 aliphatic carbocycles. The molecule has 10 heteroatoms. The summed E-state index contributed by atoms with van der Waals surface area (Å²) in [6, 6.07) is 3.16. The Morgan fingerprint density at radius 3 is 1.38 bits per heavy atom. The Balaban J connectivity index is 0.0000140. The third-order valence-electron chi connectivity index (χ3n) is 9.85. The van der Waals surface area contributed by atoms with Gasteiger partial charge in [-0.3, -0.25) is 9.69 Å². The smallest absolute Gasteiger partial charge is 0.876 e. The fraction of sp³-hybridized carbons (Fsp3) is 0.767. The van der Waals surface area contributed by atoms with Gasteiger partial charge in [-0.2, -0.15) is 13.2 Å². The number of hydrogen-bond acceptors (Lipinski definition) is 5. The topological polar surface area (TPSA) is 74.2 Å². The number of ether oxygens (including phenoxy) is 2. The molecular weight excluding hydrogens is 688 g/mol. The van der Waals surface area contributed by atoms with E-state index in [-0.39, 0.29) is 53.9 Å². The Morgan fingerprint density at radius 1 is 0.642 bits per heavy atom. The molecule has 0 unspecified atom stereocenters. The first-order chi connectivity index (χ1) is 25.0. The van der Waals surface area contributed by atoms with Crippen molar-refractivity contribution in [3.63, 3.8) is 0 Å². The summed E-state index contributed by atoms with van der Waals surface area (Å²) in [6.07, 6.45) is 24.1. The Morgan fingerprint density at radius 2 is 1.02 bits per heavy atom. The van der Waals surface area contributed by atoms with Gasteiger partial charge in [0.25, 0.3) is 5.91 Å². The first-order valence-corrected chi connectivity index (χ1v) is 20.7. The number of anilines is 1. The van der Waals surface area contributed by atoms with Gasteiger partial charge in [-0.25, -0.2) is 4.99 Å². The first-order valence-electron chi connectivity index (χ1n) is 20.7. The van der Waals surface area contributed by atoms with E-state index in [1.165, 1.54) is 109 Å². The Hall–Kier alpha value is -1.71. The van der Waals surface area contributed by atoms with Crippen molar-refractivity contribution in [3.8, 4) is 11.5 Å². The zero-order chi connectivity index (χ0) is 38.2. The largest absolute Gasteiger partial charge is 1.00 e. The van der Waals surface area contributed by atoms with Gasteiger partial charge in [-0.05, 0) is 24.3 Å². The summed E-state index contributed by atoms with van der Waals surface area (Å²) < 4.78 is 55.0. The van der Waals surface area contributed by atoms with Crippen molar-refractivity contribution in [2.24, 2.45) is 4.99 Å². The SMILES string of the molecule is CCCCCCCCCCCCCCCCOc1cc(OCCCCCCCCCCCC)c(N2C(=O)/C(=C\[O-])N=C2C(F)(F)F)cc1C(C)(C)C.[Na+]. The normalized spacial score (nSPS) is 14.2. The van der Waals surface area contributed by atoms with Gasteiger partial charge in [-0.15, -0.1) is 6.26 Å². The number of amidine groups is 1. The van der Waals surface area contributed by atoms with Crippen LogP contribution >= 0.6 is 0 Å². The molecule has 1 aromatic rings. The Bertz CT molecular complexity index is 1210. The van der Waals surface area contributed by atoms with Crippen LogP contribution in [0.1, 0.15) is 194 Å². The number of rotatable bonds is 29. The average molecular weight is 759 g/mol. The number of aliphatic imine (C=N–C) groups is 1. The average Bonchev–Trinajstić information content (AvgIpc) is 3.44. The Kier molecular flexibility index (Phi) is 25.9. The van der Waals surface area contributed by atoms with Crippen LogP contribution in [0.15, 0.2) is 29.1 Å². The van der Waals surface area contributed by atoms with Crippen LogP contribution in [0.25, 0.3) is 0 Å². The molecule has 1 aromatic carbocycles. The Labute approximate surface area is 342 Å². The number of halogens is 3. The fourth-order valence-electron chi connectivity index (χ4n) is 6.71. The molecule has 1 amide bonds. The van der Waals surface area contributed by atoms with E-state index in [2.05, 4.69) is 18.8 Å². The van der Waals surface area contributed by atoms with Crippen LogP contribution in [0.2, 0.25) is 0 Å². The predicted molar refractivity (Wildman–Crippen MR) is 207 cm³/mol. The molecule has 1 aliphatic rings. The number of hydrogen-bond donors (Lipinski definition) is 0. The summed E-state index contributed by atoms with van der Waals surface area (Å²) in [4.78, 5) is 17.0. The van der Waals surface area contributed by atoms with E-state index >= 15 is 0 Å². The number of alkyl halides is 3. The van der Waals surface area contributed by atoms with Gasteiger partial charge in [0.2, 0.25) is 5.84 Å². The molecule has 0 fully saturated rings. The molecule has 2 rings (SSSR count). The zero-order valence-corrected chi connectivity index (χ0v) is 36.3. The van der Waals surface area contributed by atoms with Crippen LogP contribution in [0.4, 0.5) is 18.9 Å². The summed E-state index contributed by atoms with van der Waals surface area (Å²) in [7, 11) is 0. The summed E-state index contributed by atoms with van der Waals surface area (Å²) in [5.41, 5.74) is -0.750. The van der Waals surface area contributed by atoms with E-state index in [4.69, 9.17) is 9.47 Å². The minimum atomic E-state index is -4.96. The van der Waals surface area contributed by atoms with Gasteiger partial charge in [0.1, 0.15) is 17.2 Å². The van der Waals surface area contributed by atoms with Gasteiger partial charge >= 0.3 is 35.7 Å². The molecule has 298 valence electrons. The molecule has 0 radical (unpaired) electrons. The summed E-state index contributed by atoms with van der Waals surface area (Å²) in [6.45, 7) is 11.1. The van der Waals surface area contributed by atoms with Crippen LogP contribution in [-0.4, -0.2) is 31.1 Å². The molecule has 53 heavy (non-hydrogen) atoms. The summed E-state index contributed by atoms with van der Waals surface area (Å²) >= 11 is 0. The van der Waals surface area contributed by atoms with Gasteiger partial charge in [0.05, 0.1) is 18.9 Å². The number of benzene rings is 1. The van der Waals surface area contributed by atoms with Crippen molar-refractivity contribution in [2.75, 3.05) is 18.1 Å². The van der Waals surface area contributed by atoms with Crippen molar-refractivity contribution < 1.29 is 62.1 Å². The second-order valence-electron chi connectivity index (χ2n) is 15.6. The van der Waals surface area contributed by atoms with Crippen LogP contribution < -0.4 is 49.0 Å². The van der Waals surface area contributed by atoms with E-state index in [0.29, 0.717) is 22.8 Å². The predicted octanol–water partition coefficient (Wildman–Crippen LogP) is 9.66. The van der Waals surface area contributed by atoms with Crippen molar-refractivity contribution in [1.82, 2.24) is 0 Å². The maximum absolute atomic E-state index is 14.2. The molecule has 0 aromatic heterocycles. The molecule has 0 atom stereocenters. The number of amides is 1. The molecule has 1 heterocycles. The molecule has 0 bridgehead atoms. The molecule has 0 spiro atoms. The van der Waals surface area contributed by atoms with Crippen molar-refractivity contribution in [1.29, 1.82) is 0 Å². The second-order valence-corrected chi connectivity index (χ2v) is 15.6. The third kappa shape index (κ3) is 19.1. The molecule has 0 N–H and O–H groups in total. The van der Waals surface area contributed by atoms with Crippen LogP contribution in [0, 0.1) is 0 Å². The van der Waals surface area contributed by atoms with Gasteiger partial charge < -0.3 is 14.6 Å². The third-order valence-corrected chi connectivity index (χ3v) is 9.85. The van der Waals surface area contributed by atoms with E-state index in [1.807, 2.05) is 20.8 Å². The van der Waals surface area contributed by atoms with E-state index in [0.717, 1.165) is 44.9 Å². The molecule has 0 saturated heterocycles. The van der Waals surface area contributed by atoms with E-state index < -0.39 is 29.0 Å². The first kappa shape index (κ1) is 49.3. The summed E-state index contributed by atoms with van der Waals surface area (Å²) in [5, 5.41) is 11.5. The standard InChI is InChI=1S/C43H71F3N2O4.Na/c1-6-8-10-12-14-16-18-19-20-21-23-24-26-28-30-51-38-33-39(52-31-29-27-25-22-17-15-13-11-9-7-2)37(32-35(38)42(3,4)5)48-40(50)36(34-49)47-41(48)43(44,45)46;/h32-34,49H,6-31H2,1-5H3;/q;+1/p-1/b36-34+;. The van der Waals surface area contributed by atoms with Crippen LogP contribution in [0.3, 0.4) is 0 Å². The molecule has 6 nitrogen and oxygen atoms in total. The quantitative estimate of drug-likeness (QED) is 0.0353. The van der Waals surface area contributed by atoms with Gasteiger partial charge in [0, 0.05) is 11.6 Å². The number of nitrogens with zero attached hydrogens (tertiary/aromatic N) is 2. The number of carbonyl (C=O) groups is 1. The molecular formula is C43H70F3N2NaO4. The van der Waals surface area contributed by atoms with Crippen molar-refractivity contribution in [2.45, 2.75) is 200 Å². The van der Waals surface area contributed by atoms with Crippen LogP contribution in [0.5, 0.6) is 11.5 Å². The minimum Gasteiger partial charge on any atom is -0.876 e. The molecule has 0 saturated carbocycles. The summed E-state index contributed by atoms with van der Waals surface area (Å²) in [5.74, 6) is -1.93. The van der Waals surface area contributed by atoms with Crippen LogP contribution in [-0.2, 0) is 10.2 Å². The maximum atomic E-state index is 14.2. The monoisotopic (exact) mass is 759 g/mol. The number of carbonyl (C=O) groups excluding carboxylic acids is 1. The van der Waals surface area contributed by atoms with Gasteiger partial charge in [-0.1, -0.05) is 176 Å². The zero-order valence-electron chi connectivity index (χ0n) is 34.3. The van der Waals surface area contributed by atoms with Crippen molar-refractivity contribution in [3.05, 3.63) is 29.7 Å². The van der Waals surface area contributed by atoms with E-state index in [9.17, 15) is 23.1 Å². The van der Waals surface area contributed by atoms with Gasteiger partial charge in [0.15, 0.2) is 0 Å². The van der Waals surface area contributed by atoms with Crippen molar-refractivity contribution >= 4 is 17.4 Å². The second kappa shape index (κ2) is 27.8. The number of unbranched alkanes of at least 4 members (excludes halogenated alkanes) is 22. The maximum Gasteiger partial charge on any atom is 1.00 e. The fourth-order valence-corrected chi connectivity index (χ4v) is 6.71. The molecule has 1 aliphatic heterocycles. The minimum absolute atomic E-state index is 0.